The maximum absolute atomic E-state index is 12.2. The highest BCUT2D eigenvalue weighted by Crippen LogP contribution is 2.13. The zero-order valence-corrected chi connectivity index (χ0v) is 11.4. The van der Waals surface area contributed by atoms with Gasteiger partial charge >= 0.3 is 0 Å². The molecule has 3 nitrogen and oxygen atoms in total. The molecule has 0 saturated heterocycles. The summed E-state index contributed by atoms with van der Waals surface area (Å²) in [6.07, 6.45) is 2.04. The standard InChI is InChI=1S/C16H17NO2/c1-11-4-6-14(8-12(11)2)15(18)9-13-5-7-16(19-3)17-10-13/h4-8,10H,9H2,1-3H3. The number of methoxy groups -OCH3 is 1. The topological polar surface area (TPSA) is 39.2 Å². The lowest BCUT2D eigenvalue weighted by molar-refractivity contribution is 0.0992. The van der Waals surface area contributed by atoms with E-state index in [0.29, 0.717) is 12.3 Å². The van der Waals surface area contributed by atoms with Crippen LogP contribution < -0.4 is 4.74 Å². The van der Waals surface area contributed by atoms with Crippen molar-refractivity contribution in [1.29, 1.82) is 0 Å². The van der Waals surface area contributed by atoms with Gasteiger partial charge in [0, 0.05) is 24.2 Å². The van der Waals surface area contributed by atoms with Crippen molar-refractivity contribution in [3.63, 3.8) is 0 Å². The summed E-state index contributed by atoms with van der Waals surface area (Å²) in [6.45, 7) is 4.05. The number of carbonyl (C=O) groups excluding carboxylic acids is 1. The van der Waals surface area contributed by atoms with E-state index in [0.717, 1.165) is 16.7 Å². The van der Waals surface area contributed by atoms with Crippen LogP contribution in [0.25, 0.3) is 0 Å². The van der Waals surface area contributed by atoms with Gasteiger partial charge in [0.05, 0.1) is 7.11 Å². The maximum atomic E-state index is 12.2. The first-order valence-electron chi connectivity index (χ1n) is 6.19. The third kappa shape index (κ3) is 3.19. The third-order valence-electron chi connectivity index (χ3n) is 3.20. The largest absolute Gasteiger partial charge is 0.481 e. The fourth-order valence-corrected chi connectivity index (χ4v) is 1.84. The lowest BCUT2D eigenvalue weighted by Gasteiger charge is -2.05. The Morgan fingerprint density at radius 1 is 1.16 bits per heavy atom. The van der Waals surface area contributed by atoms with Crippen molar-refractivity contribution in [3.05, 3.63) is 58.8 Å². The number of aryl methyl sites for hydroxylation is 2. The first kappa shape index (κ1) is 13.3. The van der Waals surface area contributed by atoms with E-state index in [4.69, 9.17) is 4.74 Å². The van der Waals surface area contributed by atoms with Gasteiger partial charge in [-0.25, -0.2) is 4.98 Å². The number of nitrogens with zero attached hydrogens (tertiary/aromatic N) is 1. The van der Waals surface area contributed by atoms with Crippen LogP contribution >= 0.6 is 0 Å². The monoisotopic (exact) mass is 255 g/mol. The van der Waals surface area contributed by atoms with Crippen molar-refractivity contribution in [2.45, 2.75) is 20.3 Å². The summed E-state index contributed by atoms with van der Waals surface area (Å²) >= 11 is 0. The maximum Gasteiger partial charge on any atom is 0.212 e. The molecule has 1 heterocycles. The van der Waals surface area contributed by atoms with E-state index in [1.165, 1.54) is 5.56 Å². The average molecular weight is 255 g/mol. The summed E-state index contributed by atoms with van der Waals surface area (Å²) in [5, 5.41) is 0. The van der Waals surface area contributed by atoms with E-state index in [1.54, 1.807) is 19.4 Å². The Hall–Kier alpha value is -2.16. The van der Waals surface area contributed by atoms with Gasteiger partial charge in [-0.3, -0.25) is 4.79 Å². The SMILES string of the molecule is COc1ccc(CC(=O)c2ccc(C)c(C)c2)cn1. The van der Waals surface area contributed by atoms with Crippen LogP contribution in [0.1, 0.15) is 27.0 Å². The highest BCUT2D eigenvalue weighted by Gasteiger charge is 2.08. The lowest BCUT2D eigenvalue weighted by Crippen LogP contribution is -2.04. The average Bonchev–Trinajstić information content (AvgIpc) is 2.42. The van der Waals surface area contributed by atoms with Gasteiger partial charge in [0.2, 0.25) is 5.88 Å². The summed E-state index contributed by atoms with van der Waals surface area (Å²) in [4.78, 5) is 16.3. The summed E-state index contributed by atoms with van der Waals surface area (Å²) in [5.74, 6) is 0.664. The third-order valence-corrected chi connectivity index (χ3v) is 3.20. The number of benzene rings is 1. The van der Waals surface area contributed by atoms with Gasteiger partial charge in [0.15, 0.2) is 5.78 Å². The summed E-state index contributed by atoms with van der Waals surface area (Å²) in [6, 6.07) is 9.43. The fraction of sp³-hybridized carbons (Fsp3) is 0.250. The predicted molar refractivity (Wildman–Crippen MR) is 74.7 cm³/mol. The Kier molecular flexibility index (Phi) is 3.95. The van der Waals surface area contributed by atoms with Crippen molar-refractivity contribution in [2.75, 3.05) is 7.11 Å². The number of Topliss-reactive ketones (excluding diaryl/α,β-unsaturated/α-hetero) is 1. The number of ketones is 1. The number of rotatable bonds is 4. The highest BCUT2D eigenvalue weighted by atomic mass is 16.5. The molecular formula is C16H17NO2. The summed E-state index contributed by atoms with van der Waals surface area (Å²) in [5.41, 5.74) is 3.98. The molecule has 0 unspecified atom stereocenters. The van der Waals surface area contributed by atoms with E-state index in [-0.39, 0.29) is 5.78 Å². The van der Waals surface area contributed by atoms with Crippen molar-refractivity contribution in [3.8, 4) is 5.88 Å². The molecule has 2 aromatic rings. The van der Waals surface area contributed by atoms with Crippen LogP contribution in [0, 0.1) is 13.8 Å². The molecule has 0 spiro atoms. The van der Waals surface area contributed by atoms with Crippen LogP contribution in [0.4, 0.5) is 0 Å². The molecule has 1 aromatic carbocycles. The minimum atomic E-state index is 0.107. The Morgan fingerprint density at radius 2 is 1.95 bits per heavy atom. The van der Waals surface area contributed by atoms with Crippen LogP contribution in [0.5, 0.6) is 5.88 Å². The minimum absolute atomic E-state index is 0.107. The van der Waals surface area contributed by atoms with Gasteiger partial charge in [0.1, 0.15) is 0 Å². The molecule has 0 amide bonds. The number of pyridine rings is 1. The second-order valence-corrected chi connectivity index (χ2v) is 4.61. The Bertz CT molecular complexity index is 588. The Labute approximate surface area is 113 Å². The molecule has 0 N–H and O–H groups in total. The van der Waals surface area contributed by atoms with Crippen LogP contribution in [-0.2, 0) is 6.42 Å². The molecule has 0 saturated carbocycles. The molecule has 0 fully saturated rings. The number of carbonyl (C=O) groups is 1. The van der Waals surface area contributed by atoms with Gasteiger partial charge in [-0.15, -0.1) is 0 Å². The Balaban J connectivity index is 2.13. The zero-order chi connectivity index (χ0) is 13.8. The predicted octanol–water partition coefficient (Wildman–Crippen LogP) is 3.13. The van der Waals surface area contributed by atoms with Gasteiger partial charge < -0.3 is 4.74 Å². The molecule has 2 rings (SSSR count). The number of ether oxygens (including phenoxy) is 1. The van der Waals surface area contributed by atoms with E-state index in [1.807, 2.05) is 38.1 Å². The second-order valence-electron chi connectivity index (χ2n) is 4.61. The van der Waals surface area contributed by atoms with E-state index < -0.39 is 0 Å². The number of hydrogen-bond acceptors (Lipinski definition) is 3. The van der Waals surface area contributed by atoms with Crippen LogP contribution in [0.15, 0.2) is 36.5 Å². The van der Waals surface area contributed by atoms with Crippen LogP contribution in [0.3, 0.4) is 0 Å². The van der Waals surface area contributed by atoms with Gasteiger partial charge in [0.25, 0.3) is 0 Å². The number of aromatic nitrogens is 1. The highest BCUT2D eigenvalue weighted by molar-refractivity contribution is 5.97. The van der Waals surface area contributed by atoms with E-state index in [2.05, 4.69) is 4.98 Å². The van der Waals surface area contributed by atoms with Crippen LogP contribution in [-0.4, -0.2) is 17.9 Å². The quantitative estimate of drug-likeness (QED) is 0.788. The molecular weight excluding hydrogens is 238 g/mol. The molecule has 3 heteroatoms. The van der Waals surface area contributed by atoms with Crippen molar-refractivity contribution in [1.82, 2.24) is 4.98 Å². The van der Waals surface area contributed by atoms with Crippen molar-refractivity contribution >= 4 is 5.78 Å². The molecule has 0 aliphatic carbocycles. The molecule has 0 radical (unpaired) electrons. The second kappa shape index (κ2) is 5.65. The summed E-state index contributed by atoms with van der Waals surface area (Å²) in [7, 11) is 1.57. The first-order chi connectivity index (χ1) is 9.10. The van der Waals surface area contributed by atoms with Gasteiger partial charge in [-0.05, 0) is 36.6 Å². The molecule has 0 bridgehead atoms. The van der Waals surface area contributed by atoms with E-state index in [9.17, 15) is 4.79 Å². The molecule has 0 aliphatic rings. The van der Waals surface area contributed by atoms with E-state index >= 15 is 0 Å². The Morgan fingerprint density at radius 3 is 2.53 bits per heavy atom. The zero-order valence-electron chi connectivity index (χ0n) is 11.4. The molecule has 1 aromatic heterocycles. The van der Waals surface area contributed by atoms with Crippen molar-refractivity contribution < 1.29 is 9.53 Å². The number of hydrogen-bond donors (Lipinski definition) is 0. The molecule has 0 aliphatic heterocycles. The molecule has 0 atom stereocenters. The molecule has 98 valence electrons. The fourth-order valence-electron chi connectivity index (χ4n) is 1.84. The van der Waals surface area contributed by atoms with Gasteiger partial charge in [-0.1, -0.05) is 18.2 Å². The summed E-state index contributed by atoms with van der Waals surface area (Å²) < 4.78 is 4.99. The normalized spacial score (nSPS) is 10.3. The molecule has 19 heavy (non-hydrogen) atoms. The van der Waals surface area contributed by atoms with Crippen LogP contribution in [0.2, 0.25) is 0 Å². The van der Waals surface area contributed by atoms with Crippen molar-refractivity contribution in [2.24, 2.45) is 0 Å². The minimum Gasteiger partial charge on any atom is -0.481 e. The van der Waals surface area contributed by atoms with Gasteiger partial charge in [-0.2, -0.15) is 0 Å². The first-order valence-corrected chi connectivity index (χ1v) is 6.19. The smallest absolute Gasteiger partial charge is 0.212 e. The lowest BCUT2D eigenvalue weighted by atomic mass is 10.00.